The number of hydrogen-bond donors (Lipinski definition) is 2. The van der Waals surface area contributed by atoms with Crippen molar-refractivity contribution in [2.45, 2.75) is 26.8 Å². The van der Waals surface area contributed by atoms with E-state index < -0.39 is 5.97 Å². The molecule has 0 bridgehead atoms. The van der Waals surface area contributed by atoms with E-state index in [0.29, 0.717) is 25.4 Å². The number of aliphatic carboxylic acids is 1. The van der Waals surface area contributed by atoms with Crippen molar-refractivity contribution in [3.63, 3.8) is 0 Å². The molecule has 26 heavy (non-hydrogen) atoms. The van der Waals surface area contributed by atoms with Crippen LogP contribution in [0.3, 0.4) is 0 Å². The third-order valence-corrected chi connectivity index (χ3v) is 4.49. The van der Waals surface area contributed by atoms with E-state index in [2.05, 4.69) is 59.0 Å². The molecular weight excluding hydrogens is 326 g/mol. The third-order valence-electron chi connectivity index (χ3n) is 4.49. The predicted octanol–water partition coefficient (Wildman–Crippen LogP) is 3.86. The van der Waals surface area contributed by atoms with Gasteiger partial charge in [0.05, 0.1) is 17.0 Å². The van der Waals surface area contributed by atoms with Crippen LogP contribution in [0.15, 0.2) is 54.9 Å². The van der Waals surface area contributed by atoms with Gasteiger partial charge in [0.15, 0.2) is 0 Å². The molecule has 0 aliphatic carbocycles. The van der Waals surface area contributed by atoms with Gasteiger partial charge in [0.2, 0.25) is 0 Å². The number of carbonyl (C=O) groups is 1. The maximum Gasteiger partial charge on any atom is 0.307 e. The van der Waals surface area contributed by atoms with Gasteiger partial charge in [0.25, 0.3) is 0 Å². The van der Waals surface area contributed by atoms with Gasteiger partial charge in [-0.15, -0.1) is 0 Å². The molecule has 1 atom stereocenters. The lowest BCUT2D eigenvalue weighted by atomic mass is 9.97. The van der Waals surface area contributed by atoms with Crippen molar-refractivity contribution in [1.29, 1.82) is 0 Å². The van der Waals surface area contributed by atoms with E-state index in [1.807, 2.05) is 24.5 Å². The minimum Gasteiger partial charge on any atom is -0.481 e. The molecule has 3 rings (SSSR count). The molecule has 136 valence electrons. The summed E-state index contributed by atoms with van der Waals surface area (Å²) < 4.78 is 2.07. The van der Waals surface area contributed by atoms with Crippen molar-refractivity contribution in [3.05, 3.63) is 60.4 Å². The molecule has 0 spiro atoms. The molecule has 0 amide bonds. The van der Waals surface area contributed by atoms with Gasteiger partial charge in [0, 0.05) is 18.8 Å². The molecule has 2 aromatic carbocycles. The van der Waals surface area contributed by atoms with E-state index in [1.165, 1.54) is 0 Å². The summed E-state index contributed by atoms with van der Waals surface area (Å²) in [5.41, 5.74) is 4.25. The zero-order valence-electron chi connectivity index (χ0n) is 15.2. The molecule has 0 fully saturated rings. The highest BCUT2D eigenvalue weighted by Gasteiger charge is 2.18. The SMILES string of the molecule is CC(C)CC(CNCc1ccc(-n2cnc3ccccc32)cc1)C(=O)O. The Labute approximate surface area is 153 Å². The van der Waals surface area contributed by atoms with Gasteiger partial charge in [-0.3, -0.25) is 9.36 Å². The zero-order valence-corrected chi connectivity index (χ0v) is 15.2. The standard InChI is InChI=1S/C21H25N3O2/c1-15(2)11-17(21(25)26)13-22-12-16-7-9-18(10-8-16)24-14-23-19-5-3-4-6-20(19)24/h3-10,14-15,17,22H,11-13H2,1-2H3,(H,25,26). The molecule has 5 heteroatoms. The Bertz CT molecular complexity index is 868. The normalized spacial score (nSPS) is 12.6. The maximum atomic E-state index is 11.3. The van der Waals surface area contributed by atoms with Gasteiger partial charge >= 0.3 is 5.97 Å². The number of para-hydroxylation sites is 2. The zero-order chi connectivity index (χ0) is 18.5. The van der Waals surface area contributed by atoms with Crippen LogP contribution < -0.4 is 5.32 Å². The van der Waals surface area contributed by atoms with E-state index in [9.17, 15) is 9.90 Å². The maximum absolute atomic E-state index is 11.3. The minimum atomic E-state index is -0.728. The lowest BCUT2D eigenvalue weighted by Gasteiger charge is -2.15. The van der Waals surface area contributed by atoms with Crippen LogP contribution in [0.2, 0.25) is 0 Å². The van der Waals surface area contributed by atoms with E-state index in [4.69, 9.17) is 0 Å². The largest absolute Gasteiger partial charge is 0.481 e. The van der Waals surface area contributed by atoms with E-state index in [-0.39, 0.29) is 5.92 Å². The monoisotopic (exact) mass is 351 g/mol. The van der Waals surface area contributed by atoms with Gasteiger partial charge in [-0.05, 0) is 42.2 Å². The number of nitrogens with zero attached hydrogens (tertiary/aromatic N) is 2. The Balaban J connectivity index is 1.62. The molecule has 0 aliphatic rings. The van der Waals surface area contributed by atoms with Gasteiger partial charge < -0.3 is 10.4 Å². The number of rotatable bonds is 8. The van der Waals surface area contributed by atoms with E-state index in [1.54, 1.807) is 0 Å². The molecular formula is C21H25N3O2. The fourth-order valence-electron chi connectivity index (χ4n) is 3.17. The van der Waals surface area contributed by atoms with Crippen molar-refractivity contribution >= 4 is 17.0 Å². The number of benzene rings is 2. The molecule has 0 saturated carbocycles. The number of imidazole rings is 1. The molecule has 1 unspecified atom stereocenters. The lowest BCUT2D eigenvalue weighted by molar-refractivity contribution is -0.142. The van der Waals surface area contributed by atoms with Crippen LogP contribution in [-0.2, 0) is 11.3 Å². The lowest BCUT2D eigenvalue weighted by Crippen LogP contribution is -2.29. The number of carboxylic acids is 1. The smallest absolute Gasteiger partial charge is 0.307 e. The van der Waals surface area contributed by atoms with E-state index in [0.717, 1.165) is 22.3 Å². The van der Waals surface area contributed by atoms with Crippen LogP contribution in [0.5, 0.6) is 0 Å². The molecule has 0 radical (unpaired) electrons. The summed E-state index contributed by atoms with van der Waals surface area (Å²) in [5, 5.41) is 12.6. The van der Waals surface area contributed by atoms with Crippen LogP contribution in [0.1, 0.15) is 25.8 Å². The first-order valence-corrected chi connectivity index (χ1v) is 8.99. The highest BCUT2D eigenvalue weighted by Crippen LogP contribution is 2.18. The minimum absolute atomic E-state index is 0.341. The van der Waals surface area contributed by atoms with Crippen LogP contribution in [0.4, 0.5) is 0 Å². The summed E-state index contributed by atoms with van der Waals surface area (Å²) in [6, 6.07) is 16.3. The Morgan fingerprint density at radius 3 is 2.58 bits per heavy atom. The van der Waals surface area contributed by atoms with Crippen molar-refractivity contribution in [2.24, 2.45) is 11.8 Å². The van der Waals surface area contributed by atoms with Crippen molar-refractivity contribution < 1.29 is 9.90 Å². The van der Waals surface area contributed by atoms with Gasteiger partial charge in [-0.2, -0.15) is 0 Å². The summed E-state index contributed by atoms with van der Waals surface area (Å²) in [6.07, 6.45) is 2.52. The predicted molar refractivity (Wildman–Crippen MR) is 103 cm³/mol. The van der Waals surface area contributed by atoms with Gasteiger partial charge in [-0.1, -0.05) is 38.1 Å². The molecule has 5 nitrogen and oxygen atoms in total. The van der Waals surface area contributed by atoms with Crippen LogP contribution >= 0.6 is 0 Å². The van der Waals surface area contributed by atoms with Crippen LogP contribution in [-0.4, -0.2) is 27.2 Å². The molecule has 0 aliphatic heterocycles. The summed E-state index contributed by atoms with van der Waals surface area (Å²) in [6.45, 7) is 5.25. The Morgan fingerprint density at radius 1 is 1.15 bits per heavy atom. The van der Waals surface area contributed by atoms with Crippen LogP contribution in [0.25, 0.3) is 16.7 Å². The molecule has 0 saturated heterocycles. The Hall–Kier alpha value is -2.66. The fourth-order valence-corrected chi connectivity index (χ4v) is 3.17. The highest BCUT2D eigenvalue weighted by atomic mass is 16.4. The average molecular weight is 351 g/mol. The van der Waals surface area contributed by atoms with Crippen molar-refractivity contribution in [2.75, 3.05) is 6.54 Å². The number of fused-ring (bicyclic) bond motifs is 1. The summed E-state index contributed by atoms with van der Waals surface area (Å²) >= 11 is 0. The van der Waals surface area contributed by atoms with Crippen molar-refractivity contribution in [3.8, 4) is 5.69 Å². The fraction of sp³-hybridized carbons (Fsp3) is 0.333. The summed E-state index contributed by atoms with van der Waals surface area (Å²) in [7, 11) is 0. The van der Waals surface area contributed by atoms with E-state index >= 15 is 0 Å². The topological polar surface area (TPSA) is 67.2 Å². The summed E-state index contributed by atoms with van der Waals surface area (Å²) in [5.74, 6) is -0.692. The Kier molecular flexibility index (Phi) is 5.68. The quantitative estimate of drug-likeness (QED) is 0.647. The Morgan fingerprint density at radius 2 is 1.88 bits per heavy atom. The van der Waals surface area contributed by atoms with Crippen molar-refractivity contribution in [1.82, 2.24) is 14.9 Å². The molecule has 1 aromatic heterocycles. The second kappa shape index (κ2) is 8.15. The second-order valence-electron chi connectivity index (χ2n) is 7.07. The molecule has 2 N–H and O–H groups in total. The number of hydrogen-bond acceptors (Lipinski definition) is 3. The summed E-state index contributed by atoms with van der Waals surface area (Å²) in [4.78, 5) is 15.7. The first-order valence-electron chi connectivity index (χ1n) is 8.99. The van der Waals surface area contributed by atoms with Crippen LogP contribution in [0, 0.1) is 11.8 Å². The second-order valence-corrected chi connectivity index (χ2v) is 7.07. The number of nitrogens with one attached hydrogen (secondary N) is 1. The highest BCUT2D eigenvalue weighted by molar-refractivity contribution is 5.77. The average Bonchev–Trinajstić information content (AvgIpc) is 3.05. The first kappa shape index (κ1) is 18.1. The number of carboxylic acid groups (broad SMARTS) is 1. The number of aromatic nitrogens is 2. The van der Waals surface area contributed by atoms with Gasteiger partial charge in [0.1, 0.15) is 6.33 Å². The molecule has 1 heterocycles. The first-order chi connectivity index (χ1) is 12.5. The van der Waals surface area contributed by atoms with Gasteiger partial charge in [-0.25, -0.2) is 4.98 Å². The molecule has 3 aromatic rings. The third kappa shape index (κ3) is 4.29.